The van der Waals surface area contributed by atoms with Crippen LogP contribution in [0.4, 0.5) is 0 Å². The minimum atomic E-state index is -0.465. The molecule has 0 fully saturated rings. The monoisotopic (exact) mass is 312 g/mol. The van der Waals surface area contributed by atoms with Crippen LogP contribution in [-0.4, -0.2) is 21.0 Å². The highest BCUT2D eigenvalue weighted by molar-refractivity contribution is 6.42. The van der Waals surface area contributed by atoms with Gasteiger partial charge in [0.2, 0.25) is 0 Å². The molecule has 0 aliphatic carbocycles. The first-order valence-corrected chi connectivity index (χ1v) is 7.39. The van der Waals surface area contributed by atoms with Crippen molar-refractivity contribution in [2.24, 2.45) is 7.05 Å². The maximum absolute atomic E-state index is 10.2. The average Bonchev–Trinajstić information content (AvgIpc) is 2.74. The summed E-state index contributed by atoms with van der Waals surface area (Å²) >= 11 is 11.9. The summed E-state index contributed by atoms with van der Waals surface area (Å²) in [5.74, 6) is 0. The molecule has 0 bridgehead atoms. The Morgan fingerprint density at radius 1 is 1.20 bits per heavy atom. The predicted octanol–water partition coefficient (Wildman–Crippen LogP) is 3.44. The van der Waals surface area contributed by atoms with Crippen molar-refractivity contribution >= 4 is 23.2 Å². The van der Waals surface area contributed by atoms with E-state index in [4.69, 9.17) is 23.2 Å². The number of aliphatic hydroxyl groups excluding tert-OH is 1. The van der Waals surface area contributed by atoms with E-state index in [1.54, 1.807) is 12.1 Å². The summed E-state index contributed by atoms with van der Waals surface area (Å²) in [7, 11) is 1.90. The van der Waals surface area contributed by atoms with Gasteiger partial charge in [-0.2, -0.15) is 5.10 Å². The van der Waals surface area contributed by atoms with Gasteiger partial charge in [-0.15, -0.1) is 0 Å². The normalized spacial score (nSPS) is 12.7. The van der Waals surface area contributed by atoms with Crippen molar-refractivity contribution in [2.75, 3.05) is 0 Å². The highest BCUT2D eigenvalue weighted by Gasteiger charge is 2.12. The van der Waals surface area contributed by atoms with Crippen LogP contribution in [0.25, 0.3) is 0 Å². The lowest BCUT2D eigenvalue weighted by Crippen LogP contribution is -2.16. The van der Waals surface area contributed by atoms with Crippen LogP contribution in [0.1, 0.15) is 23.9 Å². The number of hydrogen-bond acceptors (Lipinski definition) is 2. The lowest BCUT2D eigenvalue weighted by Gasteiger charge is -2.11. The predicted molar refractivity (Wildman–Crippen MR) is 82.5 cm³/mol. The first-order chi connectivity index (χ1) is 9.49. The molecule has 20 heavy (non-hydrogen) atoms. The van der Waals surface area contributed by atoms with E-state index in [2.05, 4.69) is 12.0 Å². The molecule has 0 saturated heterocycles. The fraction of sp³-hybridized carbons (Fsp3) is 0.400. The van der Waals surface area contributed by atoms with Crippen LogP contribution in [-0.2, 0) is 26.3 Å². The van der Waals surface area contributed by atoms with Crippen LogP contribution in [0, 0.1) is 0 Å². The number of nitrogens with zero attached hydrogens (tertiary/aromatic N) is 2. The quantitative estimate of drug-likeness (QED) is 0.918. The van der Waals surface area contributed by atoms with Crippen LogP contribution < -0.4 is 0 Å². The molecule has 2 rings (SSSR count). The zero-order valence-electron chi connectivity index (χ0n) is 11.6. The maximum Gasteiger partial charge on any atom is 0.0635 e. The Morgan fingerprint density at radius 2 is 1.95 bits per heavy atom. The smallest absolute Gasteiger partial charge is 0.0635 e. The van der Waals surface area contributed by atoms with E-state index in [0.717, 1.165) is 23.4 Å². The van der Waals surface area contributed by atoms with Gasteiger partial charge in [0.25, 0.3) is 0 Å². The third-order valence-corrected chi connectivity index (χ3v) is 4.03. The first-order valence-electron chi connectivity index (χ1n) is 6.63. The molecule has 0 radical (unpaired) electrons. The molecule has 0 aliphatic rings. The molecule has 5 heteroatoms. The Hall–Kier alpha value is -1.03. The highest BCUT2D eigenvalue weighted by atomic mass is 35.5. The molecule has 0 aliphatic heterocycles. The fourth-order valence-electron chi connectivity index (χ4n) is 2.19. The third kappa shape index (κ3) is 3.75. The van der Waals surface area contributed by atoms with Crippen LogP contribution in [0.15, 0.2) is 24.3 Å². The zero-order chi connectivity index (χ0) is 14.7. The van der Waals surface area contributed by atoms with Crippen molar-refractivity contribution in [3.05, 3.63) is 51.3 Å². The van der Waals surface area contributed by atoms with E-state index >= 15 is 0 Å². The van der Waals surface area contributed by atoms with E-state index < -0.39 is 6.10 Å². The molecule has 3 nitrogen and oxygen atoms in total. The molecule has 1 heterocycles. The Kier molecular flexibility index (Phi) is 5.08. The number of benzene rings is 1. The number of halogens is 2. The molecule has 108 valence electrons. The lowest BCUT2D eigenvalue weighted by atomic mass is 10.0. The molecular formula is C15H18Cl2N2O. The summed E-state index contributed by atoms with van der Waals surface area (Å²) in [5, 5.41) is 15.6. The molecule has 1 atom stereocenters. The van der Waals surface area contributed by atoms with Crippen LogP contribution in [0.5, 0.6) is 0 Å². The second kappa shape index (κ2) is 6.61. The van der Waals surface area contributed by atoms with Crippen LogP contribution in [0.3, 0.4) is 0 Å². The molecule has 1 unspecified atom stereocenters. The third-order valence-electron chi connectivity index (χ3n) is 3.29. The Balaban J connectivity index is 2.02. The SMILES string of the molecule is CCc1cc(CC(O)Cc2ccc(Cl)c(Cl)c2)n(C)n1. The molecule has 1 aromatic heterocycles. The molecule has 0 amide bonds. The van der Waals surface area contributed by atoms with Crippen molar-refractivity contribution in [3.63, 3.8) is 0 Å². The lowest BCUT2D eigenvalue weighted by molar-refractivity contribution is 0.173. The van der Waals surface area contributed by atoms with Gasteiger partial charge in [-0.05, 0) is 36.6 Å². The summed E-state index contributed by atoms with van der Waals surface area (Å²) < 4.78 is 1.83. The zero-order valence-corrected chi connectivity index (χ0v) is 13.1. The van der Waals surface area contributed by atoms with E-state index in [-0.39, 0.29) is 0 Å². The number of hydrogen-bond donors (Lipinski definition) is 1. The topological polar surface area (TPSA) is 38.0 Å². The maximum atomic E-state index is 10.2. The Morgan fingerprint density at radius 3 is 2.55 bits per heavy atom. The summed E-state index contributed by atoms with van der Waals surface area (Å²) in [6, 6.07) is 7.48. The van der Waals surface area contributed by atoms with Gasteiger partial charge >= 0.3 is 0 Å². The van der Waals surface area contributed by atoms with Crippen LogP contribution >= 0.6 is 23.2 Å². The summed E-state index contributed by atoms with van der Waals surface area (Å²) in [5.41, 5.74) is 3.06. The van der Waals surface area contributed by atoms with Crippen molar-refractivity contribution in [2.45, 2.75) is 32.3 Å². The van der Waals surface area contributed by atoms with E-state index in [9.17, 15) is 5.11 Å². The second-order valence-corrected chi connectivity index (χ2v) is 5.73. The Bertz CT molecular complexity index is 596. The highest BCUT2D eigenvalue weighted by Crippen LogP contribution is 2.23. The van der Waals surface area contributed by atoms with Gasteiger partial charge in [0.15, 0.2) is 0 Å². The number of aliphatic hydroxyl groups is 1. The van der Waals surface area contributed by atoms with Gasteiger partial charge in [0, 0.05) is 19.2 Å². The molecule has 0 saturated carbocycles. The molecule has 2 aromatic rings. The van der Waals surface area contributed by atoms with Crippen molar-refractivity contribution < 1.29 is 5.11 Å². The average molecular weight is 313 g/mol. The van der Waals surface area contributed by atoms with Crippen molar-refractivity contribution in [1.29, 1.82) is 0 Å². The fourth-order valence-corrected chi connectivity index (χ4v) is 2.51. The van der Waals surface area contributed by atoms with Gasteiger partial charge in [0.1, 0.15) is 0 Å². The number of rotatable bonds is 5. The number of aryl methyl sites for hydroxylation is 2. The van der Waals surface area contributed by atoms with Gasteiger partial charge in [-0.1, -0.05) is 36.2 Å². The Labute approximate surface area is 129 Å². The number of aromatic nitrogens is 2. The van der Waals surface area contributed by atoms with E-state index in [0.29, 0.717) is 22.9 Å². The molecule has 0 spiro atoms. The van der Waals surface area contributed by atoms with E-state index in [1.807, 2.05) is 23.9 Å². The minimum Gasteiger partial charge on any atom is -0.392 e. The van der Waals surface area contributed by atoms with Gasteiger partial charge < -0.3 is 5.11 Å². The van der Waals surface area contributed by atoms with Gasteiger partial charge in [-0.25, -0.2) is 0 Å². The second-order valence-electron chi connectivity index (χ2n) is 4.91. The first kappa shape index (κ1) is 15.4. The largest absolute Gasteiger partial charge is 0.392 e. The van der Waals surface area contributed by atoms with Crippen molar-refractivity contribution in [3.8, 4) is 0 Å². The van der Waals surface area contributed by atoms with E-state index in [1.165, 1.54) is 0 Å². The summed E-state index contributed by atoms with van der Waals surface area (Å²) in [6.45, 7) is 2.07. The molecule has 1 N–H and O–H groups in total. The minimum absolute atomic E-state index is 0.465. The standard InChI is InChI=1S/C15H18Cl2N2O/c1-3-11-8-12(19(2)18-11)9-13(20)6-10-4-5-14(16)15(17)7-10/h4-5,7-8,13,20H,3,6,9H2,1-2H3. The van der Waals surface area contributed by atoms with Gasteiger partial charge in [-0.3, -0.25) is 4.68 Å². The van der Waals surface area contributed by atoms with Crippen molar-refractivity contribution in [1.82, 2.24) is 9.78 Å². The molecular weight excluding hydrogens is 295 g/mol. The summed E-state index contributed by atoms with van der Waals surface area (Å²) in [6.07, 6.45) is 1.55. The van der Waals surface area contributed by atoms with Gasteiger partial charge in [0.05, 0.1) is 21.8 Å². The van der Waals surface area contributed by atoms with Crippen LogP contribution in [0.2, 0.25) is 10.0 Å². The summed E-state index contributed by atoms with van der Waals surface area (Å²) in [4.78, 5) is 0. The molecule has 1 aromatic carbocycles.